The SMILES string of the molecule is BrC1=C(Nc2cc(C3CC3)[nH]n2)NC(NC(c2ccccc2)c2ccccc2)N=C1. The number of benzene rings is 2. The van der Waals surface area contributed by atoms with E-state index in [4.69, 9.17) is 0 Å². The first kappa shape index (κ1) is 19.1. The van der Waals surface area contributed by atoms with Gasteiger partial charge in [-0.3, -0.25) is 15.4 Å². The highest BCUT2D eigenvalue weighted by molar-refractivity contribution is 9.12. The first-order chi connectivity index (χ1) is 14.8. The van der Waals surface area contributed by atoms with E-state index in [0.29, 0.717) is 5.92 Å². The maximum Gasteiger partial charge on any atom is 0.175 e. The Morgan fingerprint density at radius 3 is 2.27 bits per heavy atom. The molecule has 152 valence electrons. The van der Waals surface area contributed by atoms with Gasteiger partial charge in [0.15, 0.2) is 12.1 Å². The zero-order valence-electron chi connectivity index (χ0n) is 16.3. The highest BCUT2D eigenvalue weighted by Gasteiger charge is 2.26. The molecule has 0 radical (unpaired) electrons. The molecule has 1 fully saturated rings. The van der Waals surface area contributed by atoms with Gasteiger partial charge in [-0.05, 0) is 39.9 Å². The molecule has 2 aliphatic rings. The lowest BCUT2D eigenvalue weighted by molar-refractivity contribution is 0.437. The van der Waals surface area contributed by atoms with Gasteiger partial charge in [0.2, 0.25) is 0 Å². The van der Waals surface area contributed by atoms with Crippen LogP contribution in [0.2, 0.25) is 0 Å². The van der Waals surface area contributed by atoms with E-state index >= 15 is 0 Å². The fourth-order valence-electron chi connectivity index (χ4n) is 3.59. The first-order valence-electron chi connectivity index (χ1n) is 10.1. The second-order valence-electron chi connectivity index (χ2n) is 7.58. The summed E-state index contributed by atoms with van der Waals surface area (Å²) in [5, 5.41) is 17.9. The molecule has 7 heteroatoms. The Balaban J connectivity index is 1.33. The summed E-state index contributed by atoms with van der Waals surface area (Å²) >= 11 is 3.58. The topological polar surface area (TPSA) is 77.1 Å². The molecule has 2 heterocycles. The number of aromatic nitrogens is 2. The number of allylic oxidation sites excluding steroid dienone is 1. The van der Waals surface area contributed by atoms with E-state index in [1.54, 1.807) is 0 Å². The molecule has 1 aliphatic heterocycles. The normalized spacial score (nSPS) is 18.5. The van der Waals surface area contributed by atoms with Crippen molar-refractivity contribution < 1.29 is 0 Å². The van der Waals surface area contributed by atoms with E-state index in [9.17, 15) is 0 Å². The van der Waals surface area contributed by atoms with Crippen LogP contribution in [0.4, 0.5) is 5.82 Å². The van der Waals surface area contributed by atoms with E-state index in [2.05, 4.69) is 102 Å². The van der Waals surface area contributed by atoms with Crippen LogP contribution in [0.5, 0.6) is 0 Å². The van der Waals surface area contributed by atoms with Crippen molar-refractivity contribution in [3.05, 3.63) is 93.9 Å². The summed E-state index contributed by atoms with van der Waals surface area (Å²) in [7, 11) is 0. The number of nitrogens with zero attached hydrogens (tertiary/aromatic N) is 2. The summed E-state index contributed by atoms with van der Waals surface area (Å²) in [4.78, 5) is 4.62. The molecule has 2 aromatic carbocycles. The van der Waals surface area contributed by atoms with Gasteiger partial charge in [0, 0.05) is 23.9 Å². The van der Waals surface area contributed by atoms with Gasteiger partial charge in [0.05, 0.1) is 10.5 Å². The highest BCUT2D eigenvalue weighted by atomic mass is 79.9. The fraction of sp³-hybridized carbons (Fsp3) is 0.217. The van der Waals surface area contributed by atoms with Gasteiger partial charge >= 0.3 is 0 Å². The van der Waals surface area contributed by atoms with Gasteiger partial charge in [-0.25, -0.2) is 0 Å². The minimum absolute atomic E-state index is 0.00651. The lowest BCUT2D eigenvalue weighted by atomic mass is 9.99. The standard InChI is InChI=1S/C23H23BrN6/c24-18-14-25-23(28-22(18)26-20-13-19(29-30-20)15-11-12-15)27-21(16-7-3-1-4-8-16)17-9-5-2-6-10-17/h1-10,13-15,21,23,27-28H,11-12H2,(H2,26,29,30). The third-order valence-corrected chi connectivity index (χ3v) is 5.92. The number of hydrogen-bond acceptors (Lipinski definition) is 5. The van der Waals surface area contributed by atoms with Crippen molar-refractivity contribution in [2.45, 2.75) is 31.1 Å². The van der Waals surface area contributed by atoms with E-state index in [1.807, 2.05) is 18.3 Å². The molecular formula is C23H23BrN6. The Morgan fingerprint density at radius 2 is 1.63 bits per heavy atom. The van der Waals surface area contributed by atoms with Crippen LogP contribution in [0.15, 0.2) is 82.0 Å². The molecule has 1 saturated carbocycles. The van der Waals surface area contributed by atoms with Crippen molar-refractivity contribution in [2.75, 3.05) is 5.32 Å². The fourth-order valence-corrected chi connectivity index (χ4v) is 3.93. The Morgan fingerprint density at radius 1 is 0.967 bits per heavy atom. The minimum atomic E-state index is -0.291. The number of anilines is 1. The van der Waals surface area contributed by atoms with Crippen LogP contribution >= 0.6 is 15.9 Å². The third kappa shape index (κ3) is 4.32. The number of hydrogen-bond donors (Lipinski definition) is 4. The molecule has 0 bridgehead atoms. The Labute approximate surface area is 184 Å². The molecule has 1 aromatic heterocycles. The number of aromatic amines is 1. The van der Waals surface area contributed by atoms with Crippen LogP contribution < -0.4 is 16.0 Å². The van der Waals surface area contributed by atoms with Crippen LogP contribution in [-0.2, 0) is 0 Å². The van der Waals surface area contributed by atoms with Crippen molar-refractivity contribution in [1.82, 2.24) is 20.8 Å². The monoisotopic (exact) mass is 462 g/mol. The van der Waals surface area contributed by atoms with Crippen LogP contribution in [0.1, 0.15) is 41.6 Å². The van der Waals surface area contributed by atoms with E-state index in [0.717, 1.165) is 16.1 Å². The predicted octanol–water partition coefficient (Wildman–Crippen LogP) is 4.60. The minimum Gasteiger partial charge on any atom is -0.337 e. The first-order valence-corrected chi connectivity index (χ1v) is 10.9. The van der Waals surface area contributed by atoms with E-state index in [1.165, 1.54) is 29.7 Å². The van der Waals surface area contributed by atoms with E-state index < -0.39 is 0 Å². The van der Waals surface area contributed by atoms with Crippen molar-refractivity contribution in [2.24, 2.45) is 4.99 Å². The largest absolute Gasteiger partial charge is 0.337 e. The molecule has 30 heavy (non-hydrogen) atoms. The van der Waals surface area contributed by atoms with Crippen molar-refractivity contribution in [3.8, 4) is 0 Å². The van der Waals surface area contributed by atoms with Crippen molar-refractivity contribution in [3.63, 3.8) is 0 Å². The zero-order valence-corrected chi connectivity index (χ0v) is 17.9. The zero-order chi connectivity index (χ0) is 20.3. The lowest BCUT2D eigenvalue weighted by Crippen LogP contribution is -2.46. The summed E-state index contributed by atoms with van der Waals surface area (Å²) in [5.74, 6) is 2.27. The average Bonchev–Trinajstić information content (AvgIpc) is 3.54. The molecule has 0 spiro atoms. The number of rotatable bonds is 7. The summed E-state index contributed by atoms with van der Waals surface area (Å²) in [6.07, 6.45) is 4.01. The van der Waals surface area contributed by atoms with Gasteiger partial charge in [-0.15, -0.1) is 0 Å². The molecule has 3 aromatic rings. The maximum absolute atomic E-state index is 4.62. The molecular weight excluding hydrogens is 440 g/mol. The van der Waals surface area contributed by atoms with E-state index in [-0.39, 0.29) is 12.3 Å². The van der Waals surface area contributed by atoms with Crippen LogP contribution in [0.3, 0.4) is 0 Å². The summed E-state index contributed by atoms with van der Waals surface area (Å²) in [6, 6.07) is 22.9. The van der Waals surface area contributed by atoms with Crippen molar-refractivity contribution >= 4 is 28.0 Å². The Kier molecular flexibility index (Phi) is 5.38. The second kappa shape index (κ2) is 8.45. The molecule has 1 atom stereocenters. The molecule has 5 rings (SSSR count). The predicted molar refractivity (Wildman–Crippen MR) is 123 cm³/mol. The maximum atomic E-state index is 4.62. The second-order valence-corrected chi connectivity index (χ2v) is 8.43. The third-order valence-electron chi connectivity index (χ3n) is 5.32. The van der Waals surface area contributed by atoms with Gasteiger partial charge in [-0.1, -0.05) is 60.7 Å². The number of halogens is 1. The lowest BCUT2D eigenvalue weighted by Gasteiger charge is -2.28. The number of aliphatic imine (C=N–C) groups is 1. The van der Waals surface area contributed by atoms with Gasteiger partial charge < -0.3 is 10.6 Å². The smallest absolute Gasteiger partial charge is 0.175 e. The molecule has 1 unspecified atom stereocenters. The highest BCUT2D eigenvalue weighted by Crippen LogP contribution is 2.39. The number of H-pyrrole nitrogens is 1. The molecule has 0 saturated heterocycles. The quantitative estimate of drug-likeness (QED) is 0.413. The number of nitrogens with one attached hydrogen (secondary N) is 4. The summed E-state index contributed by atoms with van der Waals surface area (Å²) in [5.41, 5.74) is 3.57. The average molecular weight is 463 g/mol. The Hall–Kier alpha value is -2.90. The van der Waals surface area contributed by atoms with Crippen LogP contribution in [0.25, 0.3) is 0 Å². The van der Waals surface area contributed by atoms with Crippen LogP contribution in [-0.4, -0.2) is 22.7 Å². The van der Waals surface area contributed by atoms with Gasteiger partial charge in [-0.2, -0.15) is 5.10 Å². The molecule has 0 amide bonds. The molecule has 1 aliphatic carbocycles. The molecule has 6 nitrogen and oxygen atoms in total. The van der Waals surface area contributed by atoms with Gasteiger partial charge in [0.25, 0.3) is 0 Å². The van der Waals surface area contributed by atoms with Gasteiger partial charge in [0.1, 0.15) is 5.82 Å². The Bertz CT molecular complexity index is 1020. The van der Waals surface area contributed by atoms with Crippen LogP contribution in [0, 0.1) is 0 Å². The van der Waals surface area contributed by atoms with Crippen molar-refractivity contribution in [1.29, 1.82) is 0 Å². The summed E-state index contributed by atoms with van der Waals surface area (Å²) < 4.78 is 0.854. The summed E-state index contributed by atoms with van der Waals surface area (Å²) in [6.45, 7) is 0. The molecule has 4 N–H and O–H groups in total.